The molecule has 1 aromatic rings. The molecule has 0 radical (unpaired) electrons. The number of nitrogens with zero attached hydrogens (tertiary/aromatic N) is 1. The molecular weight excluding hydrogens is 320 g/mol. The molecule has 0 spiro atoms. The quantitative estimate of drug-likeness (QED) is 0.876. The number of carbonyl (C=O) groups is 1. The number of hydrogen-bond donors (Lipinski definition) is 1. The molecule has 1 amide bonds. The lowest BCUT2D eigenvalue weighted by Gasteiger charge is -2.32. The third kappa shape index (κ3) is 4.99. The van der Waals surface area contributed by atoms with Crippen molar-refractivity contribution in [3.05, 3.63) is 23.8 Å². The highest BCUT2D eigenvalue weighted by molar-refractivity contribution is 5.85. The molecule has 1 N–H and O–H groups in total. The first kappa shape index (κ1) is 19.5. The van der Waals surface area contributed by atoms with Crippen molar-refractivity contribution >= 4 is 18.3 Å². The van der Waals surface area contributed by atoms with Crippen LogP contribution in [0.3, 0.4) is 0 Å². The van der Waals surface area contributed by atoms with Gasteiger partial charge in [-0.3, -0.25) is 4.79 Å². The van der Waals surface area contributed by atoms with Gasteiger partial charge in [0.05, 0.1) is 26.9 Å². The number of halogens is 1. The van der Waals surface area contributed by atoms with Crippen molar-refractivity contribution in [3.63, 3.8) is 0 Å². The first-order valence-corrected chi connectivity index (χ1v) is 7.37. The molecule has 130 valence electrons. The maximum absolute atomic E-state index is 12.5. The number of ether oxygens (including phenoxy) is 3. The second-order valence-electron chi connectivity index (χ2n) is 5.42. The van der Waals surface area contributed by atoms with Crippen molar-refractivity contribution in [3.8, 4) is 11.5 Å². The number of nitrogens with one attached hydrogen (secondary N) is 1. The van der Waals surface area contributed by atoms with E-state index in [1.54, 1.807) is 26.2 Å². The van der Waals surface area contributed by atoms with Gasteiger partial charge in [0, 0.05) is 26.2 Å². The lowest BCUT2D eigenvalue weighted by molar-refractivity contribution is -0.138. The van der Waals surface area contributed by atoms with Crippen molar-refractivity contribution in [2.24, 2.45) is 0 Å². The molecule has 1 aliphatic rings. The number of morpholine rings is 1. The molecule has 2 rings (SSSR count). The predicted molar refractivity (Wildman–Crippen MR) is 90.5 cm³/mol. The average molecular weight is 345 g/mol. The summed E-state index contributed by atoms with van der Waals surface area (Å²) in [6.07, 6.45) is -0.122. The summed E-state index contributed by atoms with van der Waals surface area (Å²) in [4.78, 5) is 14.2. The Bertz CT molecular complexity index is 505. The third-order valence-corrected chi connectivity index (χ3v) is 3.79. The van der Waals surface area contributed by atoms with Crippen molar-refractivity contribution in [2.45, 2.75) is 25.6 Å². The summed E-state index contributed by atoms with van der Waals surface area (Å²) in [7, 11) is 5.01. The van der Waals surface area contributed by atoms with Crippen LogP contribution in [-0.2, 0) is 16.1 Å². The van der Waals surface area contributed by atoms with Gasteiger partial charge in [-0.1, -0.05) is 0 Å². The molecule has 23 heavy (non-hydrogen) atoms. The normalized spacial score (nSPS) is 20.3. The highest BCUT2D eigenvalue weighted by atomic mass is 35.5. The monoisotopic (exact) mass is 344 g/mol. The summed E-state index contributed by atoms with van der Waals surface area (Å²) in [5.41, 5.74) is 0.955. The minimum Gasteiger partial charge on any atom is -0.497 e. The second kappa shape index (κ2) is 8.96. The van der Waals surface area contributed by atoms with Crippen molar-refractivity contribution in [2.75, 3.05) is 34.4 Å². The summed E-state index contributed by atoms with van der Waals surface area (Å²) < 4.78 is 16.0. The zero-order chi connectivity index (χ0) is 16.1. The highest BCUT2D eigenvalue weighted by Crippen LogP contribution is 2.23. The Balaban J connectivity index is 0.00000264. The molecule has 6 nitrogen and oxygen atoms in total. The van der Waals surface area contributed by atoms with Crippen LogP contribution in [0.15, 0.2) is 18.2 Å². The standard InChI is InChI=1S/C16H24N2O4.ClH/c1-11-15(17-5-6-22-11)16(19)18(2)10-12-7-13(20-3)9-14(8-12)21-4;/h7-9,11,15,17H,5-6,10H2,1-4H3;1H/t11-,15+;/m1./s1. The number of methoxy groups -OCH3 is 2. The molecule has 1 fully saturated rings. The van der Waals surface area contributed by atoms with E-state index in [4.69, 9.17) is 14.2 Å². The van der Waals surface area contributed by atoms with Gasteiger partial charge in [-0.25, -0.2) is 0 Å². The van der Waals surface area contributed by atoms with E-state index in [2.05, 4.69) is 5.32 Å². The minimum atomic E-state index is -0.300. The highest BCUT2D eigenvalue weighted by Gasteiger charge is 2.30. The Hall–Kier alpha value is -1.50. The number of rotatable bonds is 5. The van der Waals surface area contributed by atoms with E-state index in [0.29, 0.717) is 31.2 Å². The molecule has 0 unspecified atom stereocenters. The Kier molecular flexibility index (Phi) is 7.61. The average Bonchev–Trinajstić information content (AvgIpc) is 2.54. The van der Waals surface area contributed by atoms with Crippen LogP contribution in [-0.4, -0.2) is 57.4 Å². The fourth-order valence-corrected chi connectivity index (χ4v) is 2.56. The van der Waals surface area contributed by atoms with Crippen LogP contribution in [0.25, 0.3) is 0 Å². The molecule has 7 heteroatoms. The van der Waals surface area contributed by atoms with E-state index in [1.165, 1.54) is 0 Å². The fourth-order valence-electron chi connectivity index (χ4n) is 2.56. The molecule has 0 aliphatic carbocycles. The number of hydrogen-bond acceptors (Lipinski definition) is 5. The SMILES string of the molecule is COc1cc(CN(C)C(=O)[C@H]2NCCO[C@@H]2C)cc(OC)c1.Cl. The van der Waals surface area contributed by atoms with Gasteiger partial charge < -0.3 is 24.4 Å². The lowest BCUT2D eigenvalue weighted by atomic mass is 10.1. The maximum atomic E-state index is 12.5. The van der Waals surface area contributed by atoms with Crippen LogP contribution in [0.4, 0.5) is 0 Å². The first-order valence-electron chi connectivity index (χ1n) is 7.37. The third-order valence-electron chi connectivity index (χ3n) is 3.79. The lowest BCUT2D eigenvalue weighted by Crippen LogP contribution is -2.55. The fraction of sp³-hybridized carbons (Fsp3) is 0.562. The van der Waals surface area contributed by atoms with Crippen LogP contribution in [0.5, 0.6) is 11.5 Å². The van der Waals surface area contributed by atoms with E-state index in [1.807, 2.05) is 25.1 Å². The predicted octanol–water partition coefficient (Wildman–Crippen LogP) is 1.46. The number of likely N-dealkylation sites (N-methyl/N-ethyl adjacent to an activating group) is 1. The minimum absolute atomic E-state index is 0. The Morgan fingerprint density at radius 3 is 2.43 bits per heavy atom. The van der Waals surface area contributed by atoms with Gasteiger partial charge in [-0.05, 0) is 24.6 Å². The van der Waals surface area contributed by atoms with Crippen molar-refractivity contribution in [1.82, 2.24) is 10.2 Å². The molecule has 2 atom stereocenters. The summed E-state index contributed by atoms with van der Waals surface area (Å²) in [5, 5.41) is 3.21. The van der Waals surface area contributed by atoms with Crippen molar-refractivity contribution in [1.29, 1.82) is 0 Å². The molecule has 1 heterocycles. The zero-order valence-corrected chi connectivity index (χ0v) is 14.8. The summed E-state index contributed by atoms with van der Waals surface area (Å²) >= 11 is 0. The smallest absolute Gasteiger partial charge is 0.242 e. The molecule has 0 bridgehead atoms. The van der Waals surface area contributed by atoms with Gasteiger partial charge in [0.1, 0.15) is 17.5 Å². The largest absolute Gasteiger partial charge is 0.497 e. The summed E-state index contributed by atoms with van der Waals surface area (Å²) in [5.74, 6) is 1.44. The Labute approximate surface area is 143 Å². The summed E-state index contributed by atoms with van der Waals surface area (Å²) in [6.45, 7) is 3.73. The van der Waals surface area contributed by atoms with Gasteiger partial charge in [0.25, 0.3) is 0 Å². The Morgan fingerprint density at radius 1 is 1.30 bits per heavy atom. The molecule has 1 aliphatic heterocycles. The van der Waals surface area contributed by atoms with Gasteiger partial charge in [-0.2, -0.15) is 0 Å². The topological polar surface area (TPSA) is 60.0 Å². The van der Waals surface area contributed by atoms with E-state index in [9.17, 15) is 4.79 Å². The first-order chi connectivity index (χ1) is 10.5. The van der Waals surface area contributed by atoms with Gasteiger partial charge in [0.15, 0.2) is 0 Å². The van der Waals surface area contributed by atoms with E-state index >= 15 is 0 Å². The van der Waals surface area contributed by atoms with Crippen LogP contribution >= 0.6 is 12.4 Å². The van der Waals surface area contributed by atoms with Crippen LogP contribution in [0, 0.1) is 0 Å². The number of benzene rings is 1. The molecule has 0 aromatic heterocycles. The van der Waals surface area contributed by atoms with E-state index in [-0.39, 0.29) is 30.5 Å². The molecule has 1 aromatic carbocycles. The van der Waals surface area contributed by atoms with Gasteiger partial charge >= 0.3 is 0 Å². The maximum Gasteiger partial charge on any atom is 0.242 e. The Morgan fingerprint density at radius 2 is 1.91 bits per heavy atom. The molecule has 1 saturated heterocycles. The number of amides is 1. The van der Waals surface area contributed by atoms with Gasteiger partial charge in [0.2, 0.25) is 5.91 Å². The second-order valence-corrected chi connectivity index (χ2v) is 5.42. The molecular formula is C16H25ClN2O4. The van der Waals surface area contributed by atoms with Crippen LogP contribution in [0.2, 0.25) is 0 Å². The van der Waals surface area contributed by atoms with Gasteiger partial charge in [-0.15, -0.1) is 12.4 Å². The van der Waals surface area contributed by atoms with Crippen LogP contribution in [0.1, 0.15) is 12.5 Å². The van der Waals surface area contributed by atoms with E-state index in [0.717, 1.165) is 5.56 Å². The zero-order valence-electron chi connectivity index (χ0n) is 14.0. The summed E-state index contributed by atoms with van der Waals surface area (Å²) in [6, 6.07) is 5.32. The number of carbonyl (C=O) groups excluding carboxylic acids is 1. The van der Waals surface area contributed by atoms with Crippen molar-refractivity contribution < 1.29 is 19.0 Å². The van der Waals surface area contributed by atoms with E-state index < -0.39 is 0 Å². The van der Waals surface area contributed by atoms with Crippen LogP contribution < -0.4 is 14.8 Å². The molecule has 0 saturated carbocycles.